The average molecular weight is 234 g/mol. The summed E-state index contributed by atoms with van der Waals surface area (Å²) in [5.74, 6) is 1.52. The highest BCUT2D eigenvalue weighted by molar-refractivity contribution is 5.69. The van der Waals surface area contributed by atoms with Gasteiger partial charge in [0.15, 0.2) is 0 Å². The molecule has 0 spiro atoms. The fourth-order valence-corrected chi connectivity index (χ4v) is 2.96. The summed E-state index contributed by atoms with van der Waals surface area (Å²) in [4.78, 5) is 11.7. The lowest BCUT2D eigenvalue weighted by Crippen LogP contribution is -2.52. The third-order valence-electron chi connectivity index (χ3n) is 3.99. The fourth-order valence-electron chi connectivity index (χ4n) is 2.96. The molecule has 2 aliphatic rings. The Labute approximate surface area is 104 Å². The highest BCUT2D eigenvalue weighted by Crippen LogP contribution is 2.47. The molecule has 2 aliphatic carbocycles. The zero-order valence-corrected chi connectivity index (χ0v) is 10.8. The van der Waals surface area contributed by atoms with Gasteiger partial charge in [-0.25, -0.2) is 0 Å². The highest BCUT2D eigenvalue weighted by Gasteiger charge is 2.49. The number of ether oxygens (including phenoxy) is 1. The van der Waals surface area contributed by atoms with Crippen molar-refractivity contribution >= 4 is 5.97 Å². The van der Waals surface area contributed by atoms with E-state index in [1.807, 2.05) is 0 Å². The van der Waals surface area contributed by atoms with Gasteiger partial charge in [-0.3, -0.25) is 4.79 Å². The second-order valence-corrected chi connectivity index (χ2v) is 5.05. The van der Waals surface area contributed by atoms with Gasteiger partial charge in [0.2, 0.25) is 0 Å². The minimum atomic E-state index is -0.0169. The van der Waals surface area contributed by atoms with Gasteiger partial charge in [-0.2, -0.15) is 0 Å². The lowest BCUT2D eigenvalue weighted by atomic mass is 9.60. The predicted molar refractivity (Wildman–Crippen MR) is 68.4 cm³/mol. The Bertz CT molecular complexity index is 330. The molecule has 0 heterocycles. The van der Waals surface area contributed by atoms with Crippen molar-refractivity contribution in [3.8, 4) is 0 Å². The third kappa shape index (κ3) is 2.46. The van der Waals surface area contributed by atoms with E-state index in [1.54, 1.807) is 0 Å². The van der Waals surface area contributed by atoms with E-state index in [2.05, 4.69) is 38.2 Å². The first-order valence-corrected chi connectivity index (χ1v) is 6.82. The summed E-state index contributed by atoms with van der Waals surface area (Å²) in [6.45, 7) is 4.27. The van der Waals surface area contributed by atoms with Gasteiger partial charge in [0.05, 0.1) is 0 Å². The number of esters is 1. The van der Waals surface area contributed by atoms with Crippen LogP contribution in [0.3, 0.4) is 0 Å². The number of carbonyl (C=O) groups is 1. The molecule has 94 valence electrons. The molecule has 0 aliphatic heterocycles. The van der Waals surface area contributed by atoms with Crippen LogP contribution in [0.25, 0.3) is 0 Å². The van der Waals surface area contributed by atoms with Gasteiger partial charge in [0, 0.05) is 18.3 Å². The van der Waals surface area contributed by atoms with Crippen LogP contribution < -0.4 is 0 Å². The lowest BCUT2D eigenvalue weighted by molar-refractivity contribution is -0.169. The molecule has 2 heteroatoms. The summed E-state index contributed by atoms with van der Waals surface area (Å²) in [7, 11) is 0. The fraction of sp³-hybridized carbons (Fsp3) is 0.667. The predicted octanol–water partition coefficient (Wildman–Crippen LogP) is 3.49. The number of hydrogen-bond donors (Lipinski definition) is 0. The van der Waals surface area contributed by atoms with Crippen molar-refractivity contribution in [2.75, 3.05) is 0 Å². The SMILES string of the molecule is CCCCC(=O)O[C@@H]1[C@@H]2C=CC=C[C@H]2[C@H]1CC. The zero-order valence-electron chi connectivity index (χ0n) is 10.8. The molecule has 0 aromatic heterocycles. The number of unbranched alkanes of at least 4 members (excludes halogenated alkanes) is 1. The molecule has 0 unspecified atom stereocenters. The van der Waals surface area contributed by atoms with Crippen molar-refractivity contribution < 1.29 is 9.53 Å². The largest absolute Gasteiger partial charge is 0.461 e. The van der Waals surface area contributed by atoms with E-state index in [1.165, 1.54) is 0 Å². The minimum absolute atomic E-state index is 0.0169. The van der Waals surface area contributed by atoms with Gasteiger partial charge < -0.3 is 4.74 Å². The van der Waals surface area contributed by atoms with E-state index >= 15 is 0 Å². The Hall–Kier alpha value is -1.05. The average Bonchev–Trinajstić information content (AvgIpc) is 2.34. The highest BCUT2D eigenvalue weighted by atomic mass is 16.5. The maximum Gasteiger partial charge on any atom is 0.306 e. The third-order valence-corrected chi connectivity index (χ3v) is 3.99. The molecule has 2 nitrogen and oxygen atoms in total. The van der Waals surface area contributed by atoms with Gasteiger partial charge in [0.1, 0.15) is 6.10 Å². The first-order chi connectivity index (χ1) is 8.27. The van der Waals surface area contributed by atoms with E-state index in [-0.39, 0.29) is 12.1 Å². The topological polar surface area (TPSA) is 26.3 Å². The van der Waals surface area contributed by atoms with E-state index in [4.69, 9.17) is 4.74 Å². The van der Waals surface area contributed by atoms with Crippen LogP contribution in [-0.4, -0.2) is 12.1 Å². The molecule has 1 saturated carbocycles. The standard InChI is InChI=1S/C15H22O2/c1-3-5-10-14(16)17-15-11(4-2)12-8-6-7-9-13(12)15/h6-9,11-13,15H,3-5,10H2,1-2H3/t11-,12+,13-,15+/m1/s1. The summed E-state index contributed by atoms with van der Waals surface area (Å²) in [6, 6.07) is 0. The Kier molecular flexibility index (Phi) is 4.03. The number of carbonyl (C=O) groups excluding carboxylic acids is 1. The van der Waals surface area contributed by atoms with Gasteiger partial charge in [0.25, 0.3) is 0 Å². The van der Waals surface area contributed by atoms with Crippen molar-refractivity contribution in [2.24, 2.45) is 17.8 Å². The molecule has 17 heavy (non-hydrogen) atoms. The summed E-state index contributed by atoms with van der Waals surface area (Å²) in [6.07, 6.45) is 12.4. The first-order valence-electron chi connectivity index (χ1n) is 6.82. The Balaban J connectivity index is 1.89. The van der Waals surface area contributed by atoms with Gasteiger partial charge in [-0.05, 0) is 18.8 Å². The van der Waals surface area contributed by atoms with E-state index < -0.39 is 0 Å². The molecule has 2 rings (SSSR count). The molecule has 4 atom stereocenters. The quantitative estimate of drug-likeness (QED) is 0.681. The minimum Gasteiger partial charge on any atom is -0.461 e. The molecule has 0 bridgehead atoms. The normalized spacial score (nSPS) is 34.0. The summed E-state index contributed by atoms with van der Waals surface area (Å²) < 4.78 is 5.64. The van der Waals surface area contributed by atoms with Crippen LogP contribution in [0.4, 0.5) is 0 Å². The van der Waals surface area contributed by atoms with Gasteiger partial charge in [-0.15, -0.1) is 0 Å². The molecule has 1 fully saturated rings. The zero-order chi connectivity index (χ0) is 12.3. The van der Waals surface area contributed by atoms with Crippen LogP contribution in [0.5, 0.6) is 0 Å². The van der Waals surface area contributed by atoms with Gasteiger partial charge in [-0.1, -0.05) is 44.6 Å². The van der Waals surface area contributed by atoms with E-state index in [0.29, 0.717) is 24.2 Å². The van der Waals surface area contributed by atoms with Crippen LogP contribution in [0, 0.1) is 17.8 Å². The van der Waals surface area contributed by atoms with Crippen molar-refractivity contribution in [1.29, 1.82) is 0 Å². The molecule has 0 saturated heterocycles. The smallest absolute Gasteiger partial charge is 0.306 e. The summed E-state index contributed by atoms with van der Waals surface area (Å²) in [5, 5.41) is 0. The lowest BCUT2D eigenvalue weighted by Gasteiger charge is -2.49. The first kappa shape index (κ1) is 12.4. The maximum atomic E-state index is 11.7. The number of allylic oxidation sites excluding steroid dienone is 3. The van der Waals surface area contributed by atoms with Gasteiger partial charge >= 0.3 is 5.97 Å². The Morgan fingerprint density at radius 2 is 1.88 bits per heavy atom. The van der Waals surface area contributed by atoms with E-state index in [9.17, 15) is 4.79 Å². The number of fused-ring (bicyclic) bond motifs is 1. The Morgan fingerprint density at radius 3 is 2.53 bits per heavy atom. The molecule has 0 aromatic carbocycles. The Morgan fingerprint density at radius 1 is 1.18 bits per heavy atom. The molecule has 0 aromatic rings. The summed E-state index contributed by atoms with van der Waals surface area (Å²) >= 11 is 0. The van der Waals surface area contributed by atoms with Crippen LogP contribution in [0.1, 0.15) is 39.5 Å². The molecular formula is C15H22O2. The molecule has 0 N–H and O–H groups in total. The maximum absolute atomic E-state index is 11.7. The van der Waals surface area contributed by atoms with Crippen LogP contribution >= 0.6 is 0 Å². The molecular weight excluding hydrogens is 212 g/mol. The van der Waals surface area contributed by atoms with Crippen LogP contribution in [-0.2, 0) is 9.53 Å². The number of rotatable bonds is 5. The molecule has 0 radical (unpaired) electrons. The van der Waals surface area contributed by atoms with Crippen molar-refractivity contribution in [1.82, 2.24) is 0 Å². The van der Waals surface area contributed by atoms with Crippen molar-refractivity contribution in [3.05, 3.63) is 24.3 Å². The van der Waals surface area contributed by atoms with E-state index in [0.717, 1.165) is 19.3 Å². The second kappa shape index (κ2) is 5.52. The molecule has 0 amide bonds. The number of hydrogen-bond acceptors (Lipinski definition) is 2. The van der Waals surface area contributed by atoms with Crippen molar-refractivity contribution in [2.45, 2.75) is 45.6 Å². The summed E-state index contributed by atoms with van der Waals surface area (Å²) in [5.41, 5.74) is 0. The monoisotopic (exact) mass is 234 g/mol. The van der Waals surface area contributed by atoms with Crippen LogP contribution in [0.15, 0.2) is 24.3 Å². The second-order valence-electron chi connectivity index (χ2n) is 5.05. The van der Waals surface area contributed by atoms with Crippen LogP contribution in [0.2, 0.25) is 0 Å². The van der Waals surface area contributed by atoms with Crippen molar-refractivity contribution in [3.63, 3.8) is 0 Å².